The number of rotatable bonds is 5. The van der Waals surface area contributed by atoms with E-state index in [9.17, 15) is 4.79 Å². The van der Waals surface area contributed by atoms with Crippen molar-refractivity contribution in [2.24, 2.45) is 0 Å². The van der Waals surface area contributed by atoms with Gasteiger partial charge in [-0.3, -0.25) is 4.90 Å². The normalized spacial score (nSPS) is 23.8. The summed E-state index contributed by atoms with van der Waals surface area (Å²) < 4.78 is 11.1. The molecular formula is C21H32N4O3. The van der Waals surface area contributed by atoms with E-state index in [-0.39, 0.29) is 6.03 Å². The topological polar surface area (TPSA) is 57.3 Å². The Balaban J connectivity index is 1.18. The van der Waals surface area contributed by atoms with E-state index >= 15 is 0 Å². The SMILES string of the molecule is O=C(NCc1ccc(N2CCOCC2)cc1)N1CCN(CC2CCCO2)CC1. The van der Waals surface area contributed by atoms with Gasteiger partial charge in [-0.15, -0.1) is 0 Å². The summed E-state index contributed by atoms with van der Waals surface area (Å²) in [5, 5.41) is 3.07. The zero-order chi connectivity index (χ0) is 19.2. The largest absolute Gasteiger partial charge is 0.378 e. The maximum Gasteiger partial charge on any atom is 0.317 e. The highest BCUT2D eigenvalue weighted by Crippen LogP contribution is 2.17. The van der Waals surface area contributed by atoms with Gasteiger partial charge >= 0.3 is 6.03 Å². The number of urea groups is 1. The van der Waals surface area contributed by atoms with Gasteiger partial charge in [-0.05, 0) is 30.5 Å². The minimum atomic E-state index is 0.0361. The van der Waals surface area contributed by atoms with Crippen LogP contribution in [-0.4, -0.2) is 87.6 Å². The first-order valence-electron chi connectivity index (χ1n) is 10.6. The van der Waals surface area contributed by atoms with E-state index in [1.165, 1.54) is 18.5 Å². The second kappa shape index (κ2) is 9.58. The summed E-state index contributed by atoms with van der Waals surface area (Å²) in [4.78, 5) is 19.2. The molecule has 4 rings (SSSR count). The van der Waals surface area contributed by atoms with Crippen LogP contribution in [0, 0.1) is 0 Å². The van der Waals surface area contributed by atoms with Crippen LogP contribution in [0.1, 0.15) is 18.4 Å². The molecule has 2 amide bonds. The van der Waals surface area contributed by atoms with Crippen molar-refractivity contribution in [3.8, 4) is 0 Å². The van der Waals surface area contributed by atoms with Gasteiger partial charge in [0.2, 0.25) is 0 Å². The zero-order valence-electron chi connectivity index (χ0n) is 16.6. The lowest BCUT2D eigenvalue weighted by Gasteiger charge is -2.35. The first-order valence-corrected chi connectivity index (χ1v) is 10.6. The van der Waals surface area contributed by atoms with Crippen LogP contribution in [0.15, 0.2) is 24.3 Å². The number of anilines is 1. The van der Waals surface area contributed by atoms with E-state index in [0.717, 1.165) is 71.2 Å². The molecule has 0 aromatic heterocycles. The molecule has 3 aliphatic heterocycles. The maximum absolute atomic E-state index is 12.5. The van der Waals surface area contributed by atoms with Crippen LogP contribution in [0.2, 0.25) is 0 Å². The van der Waals surface area contributed by atoms with Gasteiger partial charge < -0.3 is 24.6 Å². The molecule has 0 bridgehead atoms. The van der Waals surface area contributed by atoms with E-state index < -0.39 is 0 Å². The van der Waals surface area contributed by atoms with Crippen LogP contribution in [0.25, 0.3) is 0 Å². The van der Waals surface area contributed by atoms with Crippen LogP contribution in [0.3, 0.4) is 0 Å². The lowest BCUT2D eigenvalue weighted by atomic mass is 10.2. The molecule has 0 spiro atoms. The van der Waals surface area contributed by atoms with Gasteiger partial charge in [-0.25, -0.2) is 4.79 Å². The number of nitrogens with zero attached hydrogens (tertiary/aromatic N) is 3. The fraction of sp³-hybridized carbons (Fsp3) is 0.667. The number of hydrogen-bond donors (Lipinski definition) is 1. The third kappa shape index (κ3) is 5.16. The smallest absolute Gasteiger partial charge is 0.317 e. The van der Waals surface area contributed by atoms with Gasteiger partial charge in [0.15, 0.2) is 0 Å². The number of hydrogen-bond acceptors (Lipinski definition) is 5. The zero-order valence-corrected chi connectivity index (χ0v) is 16.6. The molecule has 3 aliphatic rings. The molecule has 0 saturated carbocycles. The van der Waals surface area contributed by atoms with E-state index in [1.807, 2.05) is 4.90 Å². The highest BCUT2D eigenvalue weighted by Gasteiger charge is 2.24. The number of ether oxygens (including phenoxy) is 2. The fourth-order valence-corrected chi connectivity index (χ4v) is 4.15. The predicted octanol–water partition coefficient (Wildman–Crippen LogP) is 1.53. The first-order chi connectivity index (χ1) is 13.8. The van der Waals surface area contributed by atoms with Crippen molar-refractivity contribution >= 4 is 11.7 Å². The number of piperazine rings is 1. The number of carbonyl (C=O) groups is 1. The van der Waals surface area contributed by atoms with Crippen molar-refractivity contribution in [3.05, 3.63) is 29.8 Å². The monoisotopic (exact) mass is 388 g/mol. The molecule has 3 saturated heterocycles. The molecule has 154 valence electrons. The summed E-state index contributed by atoms with van der Waals surface area (Å²) in [5.41, 5.74) is 2.35. The van der Waals surface area contributed by atoms with E-state index in [1.54, 1.807) is 0 Å². The lowest BCUT2D eigenvalue weighted by Crippen LogP contribution is -2.52. The van der Waals surface area contributed by atoms with Gasteiger partial charge in [0.1, 0.15) is 0 Å². The minimum absolute atomic E-state index is 0.0361. The van der Waals surface area contributed by atoms with Gasteiger partial charge in [-0.1, -0.05) is 12.1 Å². The number of morpholine rings is 1. The molecule has 0 radical (unpaired) electrons. The van der Waals surface area contributed by atoms with Crippen molar-refractivity contribution in [2.45, 2.75) is 25.5 Å². The second-order valence-corrected chi connectivity index (χ2v) is 7.85. The number of nitrogens with one attached hydrogen (secondary N) is 1. The van der Waals surface area contributed by atoms with Gasteiger partial charge in [-0.2, -0.15) is 0 Å². The van der Waals surface area contributed by atoms with Crippen molar-refractivity contribution in [1.82, 2.24) is 15.1 Å². The Morgan fingerprint density at radius 2 is 1.75 bits per heavy atom. The molecule has 7 heteroatoms. The molecular weight excluding hydrogens is 356 g/mol. The number of amides is 2. The predicted molar refractivity (Wildman–Crippen MR) is 109 cm³/mol. The highest BCUT2D eigenvalue weighted by atomic mass is 16.5. The minimum Gasteiger partial charge on any atom is -0.378 e. The Hall–Kier alpha value is -1.83. The molecule has 1 aromatic carbocycles. The Bertz CT molecular complexity index is 619. The van der Waals surface area contributed by atoms with Crippen molar-refractivity contribution < 1.29 is 14.3 Å². The molecule has 3 fully saturated rings. The average molecular weight is 389 g/mol. The summed E-state index contributed by atoms with van der Waals surface area (Å²) in [6, 6.07) is 8.51. The summed E-state index contributed by atoms with van der Waals surface area (Å²) in [6.07, 6.45) is 2.74. The van der Waals surface area contributed by atoms with Crippen LogP contribution in [0.5, 0.6) is 0 Å². The fourth-order valence-electron chi connectivity index (χ4n) is 4.15. The van der Waals surface area contributed by atoms with Crippen LogP contribution in [0.4, 0.5) is 10.5 Å². The number of carbonyl (C=O) groups excluding carboxylic acids is 1. The summed E-state index contributed by atoms with van der Waals surface area (Å²) in [5.74, 6) is 0. The summed E-state index contributed by atoms with van der Waals surface area (Å²) in [6.45, 7) is 9.37. The van der Waals surface area contributed by atoms with E-state index in [4.69, 9.17) is 9.47 Å². The van der Waals surface area contributed by atoms with Crippen molar-refractivity contribution in [2.75, 3.05) is 70.5 Å². The lowest BCUT2D eigenvalue weighted by molar-refractivity contribution is 0.0561. The van der Waals surface area contributed by atoms with Gasteiger partial charge in [0.05, 0.1) is 19.3 Å². The van der Waals surface area contributed by atoms with Gasteiger partial charge in [0.25, 0.3) is 0 Å². The standard InChI is InChI=1S/C21H32N4O3/c26-21(25-9-7-23(8-10-25)17-20-2-1-13-28-20)22-16-18-3-5-19(6-4-18)24-11-14-27-15-12-24/h3-6,20H,1-2,7-17H2,(H,22,26). The molecule has 1 unspecified atom stereocenters. The molecule has 1 aromatic rings. The van der Waals surface area contributed by atoms with E-state index in [0.29, 0.717) is 12.6 Å². The molecule has 7 nitrogen and oxygen atoms in total. The molecule has 3 heterocycles. The average Bonchev–Trinajstić information content (AvgIpc) is 3.27. The molecule has 1 atom stereocenters. The second-order valence-electron chi connectivity index (χ2n) is 7.85. The summed E-state index contributed by atoms with van der Waals surface area (Å²) >= 11 is 0. The Morgan fingerprint density at radius 3 is 2.43 bits per heavy atom. The Labute approximate surface area is 167 Å². The van der Waals surface area contributed by atoms with Crippen molar-refractivity contribution in [3.63, 3.8) is 0 Å². The highest BCUT2D eigenvalue weighted by molar-refractivity contribution is 5.74. The van der Waals surface area contributed by atoms with E-state index in [2.05, 4.69) is 39.4 Å². The molecule has 1 N–H and O–H groups in total. The Morgan fingerprint density at radius 1 is 1.00 bits per heavy atom. The summed E-state index contributed by atoms with van der Waals surface area (Å²) in [7, 11) is 0. The van der Waals surface area contributed by atoms with Crippen LogP contribution < -0.4 is 10.2 Å². The first kappa shape index (κ1) is 19.5. The van der Waals surface area contributed by atoms with Crippen molar-refractivity contribution in [1.29, 1.82) is 0 Å². The van der Waals surface area contributed by atoms with Crippen LogP contribution >= 0.6 is 0 Å². The van der Waals surface area contributed by atoms with Gasteiger partial charge in [0, 0.05) is 64.7 Å². The Kier molecular flexibility index (Phi) is 6.67. The molecule has 0 aliphatic carbocycles. The third-order valence-corrected chi connectivity index (χ3v) is 5.90. The maximum atomic E-state index is 12.5. The third-order valence-electron chi connectivity index (χ3n) is 5.90. The quantitative estimate of drug-likeness (QED) is 0.829. The molecule has 28 heavy (non-hydrogen) atoms. The van der Waals surface area contributed by atoms with Crippen LogP contribution in [-0.2, 0) is 16.0 Å². The number of benzene rings is 1.